The number of aliphatic hydroxyl groups is 1. The predicted molar refractivity (Wildman–Crippen MR) is 147 cm³/mol. The summed E-state index contributed by atoms with van der Waals surface area (Å²) in [5.74, 6) is 0.632. The van der Waals surface area contributed by atoms with Crippen LogP contribution in [0.1, 0.15) is 19.8 Å². The van der Waals surface area contributed by atoms with Crippen molar-refractivity contribution in [3.63, 3.8) is 0 Å². The molecule has 8 nitrogen and oxygen atoms in total. The van der Waals surface area contributed by atoms with Crippen molar-refractivity contribution in [2.45, 2.75) is 63.6 Å². The Labute approximate surface area is 222 Å². The number of anilines is 1. The van der Waals surface area contributed by atoms with E-state index in [2.05, 4.69) is 36.5 Å². The van der Waals surface area contributed by atoms with Gasteiger partial charge in [0.05, 0.1) is 11.4 Å². The summed E-state index contributed by atoms with van der Waals surface area (Å²) in [4.78, 5) is 15.6. The third-order valence-electron chi connectivity index (χ3n) is 6.51. The minimum atomic E-state index is -1.38. The molecule has 2 aromatic heterocycles. The van der Waals surface area contributed by atoms with Crippen LogP contribution in [0.25, 0.3) is 22.6 Å². The van der Waals surface area contributed by atoms with Crippen molar-refractivity contribution in [1.82, 2.24) is 19.5 Å². The van der Waals surface area contributed by atoms with Crippen molar-refractivity contribution >= 4 is 25.2 Å². The highest BCUT2D eigenvalue weighted by Gasteiger charge is 2.32. The second kappa shape index (κ2) is 11.6. The molecule has 1 aliphatic rings. The van der Waals surface area contributed by atoms with Gasteiger partial charge in [0.25, 0.3) is 0 Å². The van der Waals surface area contributed by atoms with E-state index < -0.39 is 25.5 Å². The van der Waals surface area contributed by atoms with E-state index in [-0.39, 0.29) is 17.7 Å². The Morgan fingerprint density at radius 3 is 2.57 bits per heavy atom. The molecule has 1 aromatic carbocycles. The number of halogens is 1. The number of rotatable bonds is 9. The van der Waals surface area contributed by atoms with Gasteiger partial charge in [-0.1, -0.05) is 26.6 Å². The summed E-state index contributed by atoms with van der Waals surface area (Å²) in [6, 6.07) is 8.90. The number of hydrogen-bond acceptors (Lipinski definition) is 7. The minimum Gasteiger partial charge on any atom is -0.609 e. The zero-order valence-corrected chi connectivity index (χ0v) is 24.0. The number of benzene rings is 1. The Balaban J connectivity index is 1.86. The van der Waals surface area contributed by atoms with E-state index in [4.69, 9.17) is 9.72 Å². The maximum Gasteiger partial charge on any atom is 0.343 e. The van der Waals surface area contributed by atoms with Crippen LogP contribution in [0.2, 0.25) is 25.7 Å². The standard InChI is InChI=1S/C26H36FN5O3SSi/c1-18-11-13-31(22(33)16-18)26-30-23(19-6-8-20(27)9-7-19)24(21-10-12-28-25(29-21)36(2)34)32(26)17-35-14-15-37(3,4)5/h6-10,12,18,22,33H,11,13-17H2,1-5H3. The van der Waals surface area contributed by atoms with Crippen molar-refractivity contribution in [1.29, 1.82) is 0 Å². The molecule has 0 radical (unpaired) electrons. The monoisotopic (exact) mass is 545 g/mol. The Bertz CT molecular complexity index is 1200. The molecule has 11 heteroatoms. The molecule has 0 bridgehead atoms. The molecule has 3 atom stereocenters. The van der Waals surface area contributed by atoms with Gasteiger partial charge in [0, 0.05) is 44.2 Å². The SMILES string of the molecule is CC1CCN(c2nc(-c3ccc(F)cc3)c(-c3ccnc([S+](C)[O-])n3)n2COCC[Si](C)(C)C)C(O)C1. The lowest BCUT2D eigenvalue weighted by atomic mass is 9.98. The van der Waals surface area contributed by atoms with Crippen LogP contribution in [-0.2, 0) is 22.6 Å². The summed E-state index contributed by atoms with van der Waals surface area (Å²) in [6.07, 6.45) is 3.98. The number of hydrogen-bond donors (Lipinski definition) is 1. The number of aliphatic hydroxyl groups excluding tert-OH is 1. The second-order valence-electron chi connectivity index (χ2n) is 10.9. The molecule has 200 valence electrons. The molecule has 0 saturated carbocycles. The third kappa shape index (κ3) is 6.77. The lowest BCUT2D eigenvalue weighted by Crippen LogP contribution is -2.43. The first-order chi connectivity index (χ1) is 17.5. The molecule has 3 unspecified atom stereocenters. The number of aromatic nitrogens is 4. The van der Waals surface area contributed by atoms with Crippen LogP contribution in [0.3, 0.4) is 0 Å². The fraction of sp³-hybridized carbons (Fsp3) is 0.500. The lowest BCUT2D eigenvalue weighted by molar-refractivity contribution is 0.0831. The van der Waals surface area contributed by atoms with Crippen molar-refractivity contribution in [2.75, 3.05) is 24.3 Å². The molecule has 1 N–H and O–H groups in total. The van der Waals surface area contributed by atoms with Crippen LogP contribution in [0.4, 0.5) is 10.3 Å². The van der Waals surface area contributed by atoms with E-state index >= 15 is 0 Å². The zero-order chi connectivity index (χ0) is 26.7. The van der Waals surface area contributed by atoms with Gasteiger partial charge < -0.3 is 19.3 Å². The van der Waals surface area contributed by atoms with E-state index in [1.807, 2.05) is 9.47 Å². The summed E-state index contributed by atoms with van der Waals surface area (Å²) in [6.45, 7) is 10.5. The molecule has 1 fully saturated rings. The van der Waals surface area contributed by atoms with Crippen molar-refractivity contribution in [3.05, 3.63) is 42.3 Å². The van der Waals surface area contributed by atoms with Gasteiger partial charge in [0.15, 0.2) is 0 Å². The molecule has 4 rings (SSSR count). The molecule has 1 saturated heterocycles. The topological polar surface area (TPSA) is 99.4 Å². The highest BCUT2D eigenvalue weighted by Crippen LogP contribution is 2.37. The Hall–Kier alpha value is -2.31. The average molecular weight is 546 g/mol. The molecule has 3 heterocycles. The molecular formula is C26H36FN5O3SSi. The third-order valence-corrected chi connectivity index (χ3v) is 8.92. The van der Waals surface area contributed by atoms with Crippen LogP contribution in [0.15, 0.2) is 41.7 Å². The highest BCUT2D eigenvalue weighted by atomic mass is 32.2. The molecule has 37 heavy (non-hydrogen) atoms. The molecule has 3 aromatic rings. The van der Waals surface area contributed by atoms with Crippen LogP contribution < -0.4 is 4.90 Å². The van der Waals surface area contributed by atoms with Gasteiger partial charge in [0.2, 0.25) is 5.95 Å². The van der Waals surface area contributed by atoms with Crippen molar-refractivity contribution in [3.8, 4) is 22.6 Å². The summed E-state index contributed by atoms with van der Waals surface area (Å²) in [7, 11) is -1.30. The highest BCUT2D eigenvalue weighted by molar-refractivity contribution is 7.90. The quantitative estimate of drug-likeness (QED) is 0.179. The number of imidazole rings is 1. The normalized spacial score (nSPS) is 19.3. The summed E-state index contributed by atoms with van der Waals surface area (Å²) in [5, 5.41) is 11.2. The lowest BCUT2D eigenvalue weighted by Gasteiger charge is -2.36. The molecule has 0 spiro atoms. The van der Waals surface area contributed by atoms with Gasteiger partial charge in [-0.3, -0.25) is 4.57 Å². The van der Waals surface area contributed by atoms with Crippen molar-refractivity contribution in [2.24, 2.45) is 5.92 Å². The number of nitrogens with zero attached hydrogens (tertiary/aromatic N) is 5. The van der Waals surface area contributed by atoms with Gasteiger partial charge in [-0.2, -0.15) is 9.97 Å². The van der Waals surface area contributed by atoms with Gasteiger partial charge in [0.1, 0.15) is 30.7 Å². The first-order valence-corrected chi connectivity index (χ1v) is 17.9. The van der Waals surface area contributed by atoms with E-state index in [1.165, 1.54) is 18.4 Å². The van der Waals surface area contributed by atoms with E-state index in [0.29, 0.717) is 54.1 Å². The summed E-state index contributed by atoms with van der Waals surface area (Å²) < 4.78 is 34.1. The Morgan fingerprint density at radius 2 is 1.92 bits per heavy atom. The molecular weight excluding hydrogens is 509 g/mol. The van der Waals surface area contributed by atoms with Crippen LogP contribution >= 0.6 is 0 Å². The second-order valence-corrected chi connectivity index (χ2v) is 17.8. The van der Waals surface area contributed by atoms with Gasteiger partial charge in [-0.25, -0.2) is 9.37 Å². The van der Waals surface area contributed by atoms with Crippen LogP contribution in [-0.4, -0.2) is 62.9 Å². The van der Waals surface area contributed by atoms with Gasteiger partial charge in [-0.05, 0) is 55.1 Å². The van der Waals surface area contributed by atoms with Crippen LogP contribution in [0.5, 0.6) is 0 Å². The van der Waals surface area contributed by atoms with Crippen LogP contribution in [0, 0.1) is 11.7 Å². The van der Waals surface area contributed by atoms with Crippen molar-refractivity contribution < 1.29 is 18.8 Å². The molecule has 0 aliphatic carbocycles. The average Bonchev–Trinajstić information content (AvgIpc) is 3.21. The van der Waals surface area contributed by atoms with Gasteiger partial charge >= 0.3 is 5.16 Å². The smallest absolute Gasteiger partial charge is 0.343 e. The Kier molecular flexibility index (Phi) is 8.69. The zero-order valence-electron chi connectivity index (χ0n) is 22.1. The van der Waals surface area contributed by atoms with Gasteiger partial charge in [-0.15, -0.1) is 0 Å². The number of piperidine rings is 1. The maximum absolute atomic E-state index is 13.8. The van der Waals surface area contributed by atoms with E-state index in [1.54, 1.807) is 24.4 Å². The molecule has 0 amide bonds. The fourth-order valence-corrected chi connectivity index (χ4v) is 5.54. The number of ether oxygens (including phenoxy) is 1. The summed E-state index contributed by atoms with van der Waals surface area (Å²) in [5.41, 5.74) is 2.47. The fourth-order valence-electron chi connectivity index (χ4n) is 4.34. The Morgan fingerprint density at radius 1 is 1.19 bits per heavy atom. The first kappa shape index (κ1) is 27.7. The van der Waals surface area contributed by atoms with E-state index in [0.717, 1.165) is 12.5 Å². The summed E-state index contributed by atoms with van der Waals surface area (Å²) >= 11 is -1.38. The maximum atomic E-state index is 13.8. The minimum absolute atomic E-state index is 0.205. The largest absolute Gasteiger partial charge is 0.609 e. The predicted octanol–water partition coefficient (Wildman–Crippen LogP) is 4.75. The molecule has 1 aliphatic heterocycles. The van der Waals surface area contributed by atoms with E-state index in [9.17, 15) is 14.0 Å². The first-order valence-electron chi connectivity index (χ1n) is 12.6.